The van der Waals surface area contributed by atoms with Crippen LogP contribution >= 0.6 is 11.8 Å². The quantitative estimate of drug-likeness (QED) is 0.0491. The lowest BCUT2D eigenvalue weighted by molar-refractivity contribution is -0.151. The van der Waals surface area contributed by atoms with E-state index >= 15 is 42.7 Å². The number of hydrogen-bond acceptors (Lipinski definition) is 19. The van der Waals surface area contributed by atoms with Crippen LogP contribution in [0.3, 0.4) is 0 Å². The monoisotopic (exact) mass is 1800 g/mol. The smallest absolute Gasteiger partial charge is 0.305 e. The fourth-order valence-electron chi connectivity index (χ4n) is 15.4. The molecule has 129 heavy (non-hydrogen) atoms. The van der Waals surface area contributed by atoms with Gasteiger partial charge in [0, 0.05) is 95.6 Å². The summed E-state index contributed by atoms with van der Waals surface area (Å²) in [5.74, 6) is -19.1. The second-order valence-electron chi connectivity index (χ2n) is 33.1. The van der Waals surface area contributed by atoms with E-state index in [0.717, 1.165) is 48.4 Å². The Morgan fingerprint density at radius 1 is 0.527 bits per heavy atom. The minimum absolute atomic E-state index is 0.00416. The molecular weight excluding hydrogens is 1680 g/mol. The summed E-state index contributed by atoms with van der Waals surface area (Å²) in [5.41, 5.74) is 8.59. The van der Waals surface area contributed by atoms with Gasteiger partial charge >= 0.3 is 5.97 Å². The summed E-state index contributed by atoms with van der Waals surface area (Å²) < 4.78 is 15.1. The molecule has 0 spiro atoms. The Kier molecular flexibility index (Phi) is 35.8. The highest BCUT2D eigenvalue weighted by Gasteiger charge is 2.44. The van der Waals surface area contributed by atoms with Gasteiger partial charge < -0.3 is 98.4 Å². The summed E-state index contributed by atoms with van der Waals surface area (Å²) in [4.78, 5) is 243. The number of amides is 15. The number of carboxylic acid groups (broad SMARTS) is 1. The third-order valence-corrected chi connectivity index (χ3v) is 23.4. The second kappa shape index (κ2) is 46.6. The maximum atomic E-state index is 15.5. The molecule has 0 radical (unpaired) electrons. The molecule has 15 N–H and O–H groups in total. The molecule has 1 saturated heterocycles. The Bertz CT molecular complexity index is 5220. The van der Waals surface area contributed by atoms with Gasteiger partial charge in [-0.1, -0.05) is 157 Å². The van der Waals surface area contributed by atoms with E-state index in [0.29, 0.717) is 51.6 Å². The highest BCUT2D eigenvalue weighted by atomic mass is 32.2. The van der Waals surface area contributed by atoms with Crippen LogP contribution in [0.1, 0.15) is 100 Å². The number of carbonyl (C=O) groups is 16. The van der Waals surface area contributed by atoms with Crippen molar-refractivity contribution in [3.8, 4) is 11.5 Å². The maximum Gasteiger partial charge on any atom is 0.305 e. The van der Waals surface area contributed by atoms with Gasteiger partial charge in [0.05, 0.1) is 31.0 Å². The highest BCUT2D eigenvalue weighted by Crippen LogP contribution is 2.33. The van der Waals surface area contributed by atoms with E-state index in [-0.39, 0.29) is 80.0 Å². The number of nitrogens with zero attached hydrogens (tertiary/aromatic N) is 5. The first kappa shape index (κ1) is 99.0. The molecule has 2 aliphatic rings. The number of halogens is 1. The van der Waals surface area contributed by atoms with Crippen molar-refractivity contribution in [1.29, 1.82) is 0 Å². The number of phenols is 2. The average Bonchev–Trinajstić information content (AvgIpc) is 1.23. The molecule has 35 nitrogen and oxygen atoms in total. The van der Waals surface area contributed by atoms with Crippen molar-refractivity contribution in [2.75, 3.05) is 64.2 Å². The Labute approximate surface area is 750 Å². The molecular formula is C92H113FN16O19S. The number of carbonyl (C=O) groups excluding carboxylic acids is 15. The lowest BCUT2D eigenvalue weighted by atomic mass is 9.95. The third-order valence-electron chi connectivity index (χ3n) is 22.3. The number of anilines is 1. The molecule has 2 bridgehead atoms. The Morgan fingerprint density at radius 2 is 1.09 bits per heavy atom. The summed E-state index contributed by atoms with van der Waals surface area (Å²) in [7, 11) is 5.14. The van der Waals surface area contributed by atoms with Crippen LogP contribution in [0.15, 0.2) is 158 Å². The SMILES string of the molecule is CCCC[C@H]1C(=O)N(C)CC(=O)N[C@@H](CC(=O)O)C(=O)N[C@@H](C(C)C)C(=O)N(C)[C@@H](Cc2ccccc2)C(=O)N[C@H]2Cc3ccc(O)cc3N(CC(=O)N[C@@H](Cc3c[nH]c4ccccc34)C(=O)N[C@@H](Cc3ccc(O)cc3)C(=O)N[C@@H](CC(C)C)C(=O)N[C@H](C(=O)NCC(N)=O)CSCC(=O)N[C@@H](Cc3cccc(F)c3)C(=O)N(C)[C@@H](Cc3ccccc3)C(=O)N1C)C2=O. The van der Waals surface area contributed by atoms with Crippen molar-refractivity contribution in [3.05, 3.63) is 197 Å². The number of phenolic OH excluding ortho intramolecular Hbond substituents is 2. The molecule has 2 aliphatic heterocycles. The number of nitrogens with two attached hydrogens (primary N) is 1. The predicted octanol–water partition coefficient (Wildman–Crippen LogP) is 2.35. The van der Waals surface area contributed by atoms with Gasteiger partial charge in [-0.3, -0.25) is 76.7 Å². The average molecular weight is 1800 g/mol. The van der Waals surface area contributed by atoms with Crippen LogP contribution in [-0.4, -0.2) is 260 Å². The van der Waals surface area contributed by atoms with Gasteiger partial charge in [-0.05, 0) is 94.5 Å². The fraction of sp³-hybridized carbons (Fsp3) is 0.413. The number of primary amides is 1. The largest absolute Gasteiger partial charge is 0.508 e. The molecule has 3 heterocycles. The molecule has 688 valence electrons. The lowest BCUT2D eigenvalue weighted by Gasteiger charge is -2.37. The van der Waals surface area contributed by atoms with Gasteiger partial charge in [-0.2, -0.15) is 0 Å². The van der Waals surface area contributed by atoms with E-state index in [2.05, 4.69) is 52.8 Å². The second-order valence-corrected chi connectivity index (χ2v) is 34.1. The summed E-state index contributed by atoms with van der Waals surface area (Å²) in [5, 5.41) is 55.9. The number of para-hydroxylation sites is 1. The molecule has 7 aromatic rings. The maximum absolute atomic E-state index is 15.5. The number of aromatic hydroxyl groups is 2. The van der Waals surface area contributed by atoms with E-state index in [1.54, 1.807) is 119 Å². The Hall–Kier alpha value is -13.7. The minimum atomic E-state index is -1.92. The molecule has 1 fully saturated rings. The zero-order valence-corrected chi connectivity index (χ0v) is 74.1. The number of benzene rings is 6. The predicted molar refractivity (Wildman–Crippen MR) is 477 cm³/mol. The van der Waals surface area contributed by atoms with E-state index < -0.39 is 210 Å². The zero-order valence-electron chi connectivity index (χ0n) is 73.3. The number of aromatic nitrogens is 1. The topological polar surface area (TPSA) is 500 Å². The zero-order chi connectivity index (χ0) is 94.0. The van der Waals surface area contributed by atoms with Crippen LogP contribution in [0, 0.1) is 17.7 Å². The van der Waals surface area contributed by atoms with Crippen molar-refractivity contribution >= 4 is 123 Å². The fourth-order valence-corrected chi connectivity index (χ4v) is 16.2. The number of carboxylic acids is 1. The molecule has 1 aromatic heterocycles. The van der Waals surface area contributed by atoms with Gasteiger partial charge in [0.25, 0.3) is 0 Å². The van der Waals surface area contributed by atoms with Crippen LogP contribution < -0.4 is 58.5 Å². The number of fused-ring (bicyclic) bond motifs is 5. The molecule has 9 rings (SSSR count). The van der Waals surface area contributed by atoms with Crippen LogP contribution in [0.5, 0.6) is 11.5 Å². The van der Waals surface area contributed by atoms with E-state index in [4.69, 9.17) is 5.73 Å². The summed E-state index contributed by atoms with van der Waals surface area (Å²) in [6.07, 6.45) is -0.361. The Balaban J connectivity index is 1.12. The van der Waals surface area contributed by atoms with Gasteiger partial charge in [0.1, 0.15) is 90.3 Å². The first-order valence-electron chi connectivity index (χ1n) is 42.5. The third kappa shape index (κ3) is 28.1. The van der Waals surface area contributed by atoms with E-state index in [9.17, 15) is 53.7 Å². The number of H-pyrrole nitrogens is 1. The number of hydrogen-bond donors (Lipinski definition) is 14. The van der Waals surface area contributed by atoms with Gasteiger partial charge in [-0.15, -0.1) is 11.8 Å². The lowest BCUT2D eigenvalue weighted by Crippen LogP contribution is -2.62. The first-order valence-corrected chi connectivity index (χ1v) is 43.6. The summed E-state index contributed by atoms with van der Waals surface area (Å²) in [6.45, 7) is 5.95. The number of unbranched alkanes of at least 4 members (excludes halogenated alkanes) is 1. The number of thioether (sulfide) groups is 1. The molecule has 11 atom stereocenters. The molecule has 15 amide bonds. The van der Waals surface area contributed by atoms with Crippen molar-refractivity contribution in [1.82, 2.24) is 72.4 Å². The van der Waals surface area contributed by atoms with Crippen molar-refractivity contribution in [2.45, 2.75) is 172 Å². The number of aliphatic carboxylic acids is 1. The normalized spacial score (nSPS) is 22.2. The number of aromatic amines is 1. The van der Waals surface area contributed by atoms with Gasteiger partial charge in [-0.25, -0.2) is 4.39 Å². The molecule has 0 saturated carbocycles. The molecule has 0 unspecified atom stereocenters. The first-order chi connectivity index (χ1) is 61.4. The van der Waals surface area contributed by atoms with Crippen molar-refractivity contribution in [2.24, 2.45) is 17.6 Å². The molecule has 37 heteroatoms. The van der Waals surface area contributed by atoms with Gasteiger partial charge in [0.2, 0.25) is 88.6 Å². The van der Waals surface area contributed by atoms with Crippen molar-refractivity contribution in [3.63, 3.8) is 0 Å². The number of rotatable bonds is 21. The minimum Gasteiger partial charge on any atom is -0.508 e. The van der Waals surface area contributed by atoms with Crippen LogP contribution in [-0.2, 0) is 115 Å². The summed E-state index contributed by atoms with van der Waals surface area (Å²) in [6, 6.07) is 21.4. The molecule has 0 aliphatic carbocycles. The Morgan fingerprint density at radius 3 is 1.72 bits per heavy atom. The highest BCUT2D eigenvalue weighted by molar-refractivity contribution is 8.00. The number of likely N-dealkylation sites (N-methyl/N-ethyl adjacent to an activating group) is 4. The van der Waals surface area contributed by atoms with Gasteiger partial charge in [0.15, 0.2) is 0 Å². The van der Waals surface area contributed by atoms with Crippen LogP contribution in [0.2, 0.25) is 0 Å². The van der Waals surface area contributed by atoms with Crippen molar-refractivity contribution < 1.29 is 96.4 Å². The summed E-state index contributed by atoms with van der Waals surface area (Å²) >= 11 is 0.770. The number of nitrogens with one attached hydrogen (secondary N) is 10. The standard InChI is InChI=1S/C92H113FN16O19S/c1-10-11-29-72-90(126)105(6)48-77(113)98-68(45-80(116)117)86(122)104-81(53(4)5)92(128)107(8)74(40-54-21-14-12-15-22-54)87(123)102-70-42-58-32-35-62(111)44-73(58)109(89(70)125)49-78(114)97-67(43-59-46-95-64-28-19-18-27-63(59)64)85(121)101-66(38-56-30-33-61(110)34-31-56)84(120)100-65(36-52(2)3)83(119)103-71(82(118)96-47-76(94)112)50-129-51-79(115)99-69(39-57-25-20-26-60(93)37-57)88(124)108(9)75(91(127)106(72)7)41-55-23-16-13-17-24-55/h12-28,30-35,37,44,46,52-53,65-72,74-75,81,95,110-111H,10-11,29,36,38-43,45,47-51H2,1-9H3,(H2,94,112)(H,96,118)(H,97,114)(H,98,113)(H,99,115)(H,100,120)(H,101,121)(H,102,123)(H,103,119)(H,104,122)(H,116,117)/t65-,66-,67-,68-,69-,70-,71-,72-,74-,75-,81-/m0/s1. The van der Waals surface area contributed by atoms with Crippen LogP contribution in [0.25, 0.3) is 10.9 Å². The van der Waals surface area contributed by atoms with E-state index in [1.807, 2.05) is 6.92 Å². The van der Waals surface area contributed by atoms with Crippen LogP contribution in [0.4, 0.5) is 10.1 Å². The van der Waals surface area contributed by atoms with E-state index in [1.165, 1.54) is 82.8 Å². The molecule has 6 aromatic carbocycles.